The SMILES string of the molecule is C=Cc1cc(C(=O)OCC)ccc1-c1ccc(OCCCCCCCC)cc1. The second kappa shape index (κ2) is 12.0. The fourth-order valence-electron chi connectivity index (χ4n) is 3.14. The van der Waals surface area contributed by atoms with Gasteiger partial charge in [0.2, 0.25) is 0 Å². The molecule has 0 heterocycles. The lowest BCUT2D eigenvalue weighted by molar-refractivity contribution is 0.0526. The number of benzene rings is 2. The van der Waals surface area contributed by atoms with Gasteiger partial charge >= 0.3 is 5.97 Å². The van der Waals surface area contributed by atoms with Crippen LogP contribution in [0.1, 0.15) is 68.3 Å². The van der Waals surface area contributed by atoms with Gasteiger partial charge in [0.1, 0.15) is 5.75 Å². The average Bonchev–Trinajstić information content (AvgIpc) is 2.73. The summed E-state index contributed by atoms with van der Waals surface area (Å²) in [6.45, 7) is 9.05. The molecule has 0 aliphatic carbocycles. The average molecular weight is 381 g/mol. The van der Waals surface area contributed by atoms with Crippen molar-refractivity contribution in [3.05, 3.63) is 60.2 Å². The first kappa shape index (κ1) is 21.7. The highest BCUT2D eigenvalue weighted by molar-refractivity contribution is 5.92. The van der Waals surface area contributed by atoms with Crippen molar-refractivity contribution in [3.8, 4) is 16.9 Å². The van der Waals surface area contributed by atoms with Gasteiger partial charge in [-0.2, -0.15) is 0 Å². The highest BCUT2D eigenvalue weighted by Crippen LogP contribution is 2.28. The minimum atomic E-state index is -0.310. The number of esters is 1. The number of carbonyl (C=O) groups excluding carboxylic acids is 1. The summed E-state index contributed by atoms with van der Waals surface area (Å²) in [6, 6.07) is 13.6. The van der Waals surface area contributed by atoms with Crippen molar-refractivity contribution in [2.45, 2.75) is 52.4 Å². The molecular formula is C25H32O3. The Kier molecular flexibility index (Phi) is 9.33. The molecule has 0 radical (unpaired) electrons. The normalized spacial score (nSPS) is 10.5. The van der Waals surface area contributed by atoms with Gasteiger partial charge in [-0.15, -0.1) is 0 Å². The second-order valence-electron chi connectivity index (χ2n) is 6.87. The number of hydrogen-bond donors (Lipinski definition) is 0. The first-order valence-electron chi connectivity index (χ1n) is 10.4. The molecule has 0 N–H and O–H groups in total. The summed E-state index contributed by atoms with van der Waals surface area (Å²) in [5.41, 5.74) is 3.55. The van der Waals surface area contributed by atoms with Gasteiger partial charge in [-0.1, -0.05) is 69.9 Å². The van der Waals surface area contributed by atoms with Gasteiger partial charge in [0.25, 0.3) is 0 Å². The third-order valence-corrected chi connectivity index (χ3v) is 4.71. The molecule has 0 unspecified atom stereocenters. The van der Waals surface area contributed by atoms with Crippen molar-refractivity contribution in [1.29, 1.82) is 0 Å². The van der Waals surface area contributed by atoms with Crippen LogP contribution < -0.4 is 4.74 Å². The molecule has 0 atom stereocenters. The van der Waals surface area contributed by atoms with E-state index in [0.717, 1.165) is 35.5 Å². The van der Waals surface area contributed by atoms with Crippen molar-refractivity contribution in [2.75, 3.05) is 13.2 Å². The maximum absolute atomic E-state index is 11.9. The van der Waals surface area contributed by atoms with Crippen LogP contribution in [0.15, 0.2) is 49.0 Å². The van der Waals surface area contributed by atoms with Crippen molar-refractivity contribution >= 4 is 12.0 Å². The number of carbonyl (C=O) groups is 1. The third kappa shape index (κ3) is 6.56. The first-order valence-corrected chi connectivity index (χ1v) is 10.4. The van der Waals surface area contributed by atoms with E-state index in [9.17, 15) is 4.79 Å². The van der Waals surface area contributed by atoms with E-state index in [-0.39, 0.29) is 5.97 Å². The lowest BCUT2D eigenvalue weighted by atomic mass is 9.97. The summed E-state index contributed by atoms with van der Waals surface area (Å²) in [4.78, 5) is 11.9. The van der Waals surface area contributed by atoms with Gasteiger partial charge < -0.3 is 9.47 Å². The van der Waals surface area contributed by atoms with Gasteiger partial charge in [-0.25, -0.2) is 4.79 Å². The van der Waals surface area contributed by atoms with E-state index in [2.05, 4.69) is 13.5 Å². The van der Waals surface area contributed by atoms with Gasteiger partial charge in [-0.3, -0.25) is 0 Å². The van der Waals surface area contributed by atoms with Crippen LogP contribution in [0.5, 0.6) is 5.75 Å². The van der Waals surface area contributed by atoms with Gasteiger partial charge in [0.05, 0.1) is 18.8 Å². The molecule has 150 valence electrons. The molecule has 0 saturated carbocycles. The van der Waals surface area contributed by atoms with E-state index < -0.39 is 0 Å². The maximum atomic E-state index is 11.9. The van der Waals surface area contributed by atoms with Crippen LogP contribution in [0.2, 0.25) is 0 Å². The largest absolute Gasteiger partial charge is 0.494 e. The Bertz CT molecular complexity index is 747. The van der Waals surface area contributed by atoms with Crippen molar-refractivity contribution in [3.63, 3.8) is 0 Å². The predicted molar refractivity (Wildman–Crippen MR) is 117 cm³/mol. The van der Waals surface area contributed by atoms with E-state index in [1.165, 1.54) is 32.1 Å². The topological polar surface area (TPSA) is 35.5 Å². The Morgan fingerprint density at radius 3 is 2.36 bits per heavy atom. The quantitative estimate of drug-likeness (QED) is 0.296. The van der Waals surface area contributed by atoms with Gasteiger partial charge in [0.15, 0.2) is 0 Å². The van der Waals surface area contributed by atoms with Crippen LogP contribution in [0.4, 0.5) is 0 Å². The Balaban J connectivity index is 1.95. The maximum Gasteiger partial charge on any atom is 0.338 e. The molecule has 0 aliphatic rings. The summed E-state index contributed by atoms with van der Waals surface area (Å²) in [7, 11) is 0. The van der Waals surface area contributed by atoms with Crippen molar-refractivity contribution < 1.29 is 14.3 Å². The van der Waals surface area contributed by atoms with E-state index in [1.54, 1.807) is 19.1 Å². The van der Waals surface area contributed by atoms with Crippen molar-refractivity contribution in [1.82, 2.24) is 0 Å². The number of rotatable bonds is 12. The molecule has 2 aromatic rings. The van der Waals surface area contributed by atoms with Crippen LogP contribution in [0, 0.1) is 0 Å². The Labute approximate surface area is 169 Å². The zero-order valence-corrected chi connectivity index (χ0v) is 17.2. The third-order valence-electron chi connectivity index (χ3n) is 4.71. The highest BCUT2D eigenvalue weighted by atomic mass is 16.5. The van der Waals surface area contributed by atoms with Crippen LogP contribution in [0.3, 0.4) is 0 Å². The molecule has 2 aromatic carbocycles. The Morgan fingerprint density at radius 2 is 1.68 bits per heavy atom. The molecule has 0 spiro atoms. The molecule has 3 heteroatoms. The molecule has 0 amide bonds. The molecule has 0 aliphatic heterocycles. The van der Waals surface area contributed by atoms with Crippen LogP contribution in [-0.4, -0.2) is 19.2 Å². The summed E-state index contributed by atoms with van der Waals surface area (Å²) in [5.74, 6) is 0.580. The number of unbranched alkanes of at least 4 members (excludes halogenated alkanes) is 5. The van der Waals surface area contributed by atoms with Gasteiger partial charge in [-0.05, 0) is 54.3 Å². The standard InChI is InChI=1S/C25H32O3/c1-4-7-8-9-10-11-18-28-23-15-12-21(13-16-23)24-17-14-22(19-20(24)5-2)25(26)27-6-3/h5,12-17,19H,2,4,6-11,18H2,1,3H3. The van der Waals surface area contributed by atoms with Crippen molar-refractivity contribution in [2.24, 2.45) is 0 Å². The molecule has 3 nitrogen and oxygen atoms in total. The first-order chi connectivity index (χ1) is 13.7. The Morgan fingerprint density at radius 1 is 0.964 bits per heavy atom. The fraction of sp³-hybridized carbons (Fsp3) is 0.400. The molecule has 0 fully saturated rings. The van der Waals surface area contributed by atoms with E-state index in [4.69, 9.17) is 9.47 Å². The predicted octanol–water partition coefficient (Wildman–Crippen LogP) is 6.91. The van der Waals surface area contributed by atoms with Gasteiger partial charge in [0, 0.05) is 0 Å². The molecule has 0 aromatic heterocycles. The fourth-order valence-corrected chi connectivity index (χ4v) is 3.14. The summed E-state index contributed by atoms with van der Waals surface area (Å²) >= 11 is 0. The zero-order valence-electron chi connectivity index (χ0n) is 17.2. The molecule has 2 rings (SSSR count). The zero-order chi connectivity index (χ0) is 20.2. The molecule has 0 bridgehead atoms. The minimum absolute atomic E-state index is 0.310. The van der Waals surface area contributed by atoms with E-state index in [1.807, 2.05) is 36.4 Å². The highest BCUT2D eigenvalue weighted by Gasteiger charge is 2.10. The molecular weight excluding hydrogens is 348 g/mol. The second-order valence-corrected chi connectivity index (χ2v) is 6.87. The van der Waals surface area contributed by atoms with Crippen LogP contribution >= 0.6 is 0 Å². The molecule has 0 saturated heterocycles. The summed E-state index contributed by atoms with van der Waals surface area (Å²) < 4.78 is 10.9. The summed E-state index contributed by atoms with van der Waals surface area (Å²) in [5, 5.41) is 0. The van der Waals surface area contributed by atoms with Crippen LogP contribution in [-0.2, 0) is 4.74 Å². The lowest BCUT2D eigenvalue weighted by Gasteiger charge is -2.11. The smallest absolute Gasteiger partial charge is 0.338 e. The Hall–Kier alpha value is -2.55. The summed E-state index contributed by atoms with van der Waals surface area (Å²) in [6.07, 6.45) is 9.32. The van der Waals surface area contributed by atoms with E-state index in [0.29, 0.717) is 12.2 Å². The number of ether oxygens (including phenoxy) is 2. The number of hydrogen-bond acceptors (Lipinski definition) is 3. The van der Waals surface area contributed by atoms with Crippen LogP contribution in [0.25, 0.3) is 17.2 Å². The lowest BCUT2D eigenvalue weighted by Crippen LogP contribution is -2.05. The monoisotopic (exact) mass is 380 g/mol. The van der Waals surface area contributed by atoms with E-state index >= 15 is 0 Å². The minimum Gasteiger partial charge on any atom is -0.494 e. The molecule has 28 heavy (non-hydrogen) atoms.